The highest BCUT2D eigenvalue weighted by Crippen LogP contribution is 2.42. The summed E-state index contributed by atoms with van der Waals surface area (Å²) in [6.07, 6.45) is 2.16. The molecule has 0 bridgehead atoms. The van der Waals surface area contributed by atoms with Gasteiger partial charge in [-0.3, -0.25) is 4.79 Å². The molecular formula is C22H23N3O3. The number of carbonyl (C=O) groups excluding carboxylic acids is 1. The van der Waals surface area contributed by atoms with Crippen LogP contribution in [-0.2, 0) is 4.79 Å². The Hall–Kier alpha value is -3.28. The Morgan fingerprint density at radius 1 is 1.11 bits per heavy atom. The molecular weight excluding hydrogens is 354 g/mol. The number of benzene rings is 2. The minimum absolute atomic E-state index is 0.0468. The van der Waals surface area contributed by atoms with E-state index in [1.165, 1.54) is 5.56 Å². The fourth-order valence-electron chi connectivity index (χ4n) is 3.76. The highest BCUT2D eigenvalue weighted by atomic mass is 16.5. The van der Waals surface area contributed by atoms with Crippen LogP contribution >= 0.6 is 0 Å². The number of nitrogens with zero attached hydrogens (tertiary/aromatic N) is 2. The zero-order valence-corrected chi connectivity index (χ0v) is 16.4. The maximum atomic E-state index is 12.6. The molecule has 4 rings (SSSR count). The van der Waals surface area contributed by atoms with E-state index in [-0.39, 0.29) is 11.8 Å². The second-order valence-electron chi connectivity index (χ2n) is 6.99. The van der Waals surface area contributed by atoms with E-state index >= 15 is 0 Å². The molecule has 0 aliphatic carbocycles. The van der Waals surface area contributed by atoms with Crippen LogP contribution in [0.5, 0.6) is 11.5 Å². The van der Waals surface area contributed by atoms with Gasteiger partial charge in [-0.2, -0.15) is 5.10 Å². The lowest BCUT2D eigenvalue weighted by molar-refractivity contribution is -0.116. The number of fused-ring (bicyclic) bond motifs is 1. The van der Waals surface area contributed by atoms with Crippen molar-refractivity contribution in [3.05, 3.63) is 64.8 Å². The molecule has 2 aromatic carbocycles. The SMILES string of the molecule is COc1ccc(OC)c(C2CC(=O)Nc3c2cnn3-c2cccc(C)c2C)c1. The van der Waals surface area contributed by atoms with E-state index in [4.69, 9.17) is 9.47 Å². The summed E-state index contributed by atoms with van der Waals surface area (Å²) in [6, 6.07) is 11.7. The Kier molecular flexibility index (Phi) is 4.55. The maximum absolute atomic E-state index is 12.6. The molecule has 0 saturated heterocycles. The molecule has 1 unspecified atom stereocenters. The second kappa shape index (κ2) is 7.03. The third-order valence-electron chi connectivity index (χ3n) is 5.44. The lowest BCUT2D eigenvalue weighted by Crippen LogP contribution is -2.25. The van der Waals surface area contributed by atoms with Gasteiger partial charge in [0.2, 0.25) is 5.91 Å². The Balaban J connectivity index is 1.87. The molecule has 6 heteroatoms. The molecule has 28 heavy (non-hydrogen) atoms. The standard InChI is InChI=1S/C22H23N3O3/c1-13-6-5-7-19(14(13)2)25-22-18(12-23-25)16(11-21(26)24-22)17-10-15(27-3)8-9-20(17)28-4/h5-10,12,16H,11H2,1-4H3,(H,24,26). The first-order valence-electron chi connectivity index (χ1n) is 9.19. The fourth-order valence-corrected chi connectivity index (χ4v) is 3.76. The number of hydrogen-bond donors (Lipinski definition) is 1. The highest BCUT2D eigenvalue weighted by Gasteiger charge is 2.32. The van der Waals surface area contributed by atoms with Gasteiger partial charge in [-0.05, 0) is 49.2 Å². The van der Waals surface area contributed by atoms with Crippen LogP contribution in [-0.4, -0.2) is 29.9 Å². The molecule has 3 aromatic rings. The highest BCUT2D eigenvalue weighted by molar-refractivity contribution is 5.95. The molecule has 1 aliphatic heterocycles. The van der Waals surface area contributed by atoms with Gasteiger partial charge in [-0.15, -0.1) is 0 Å². The summed E-state index contributed by atoms with van der Waals surface area (Å²) in [4.78, 5) is 12.6. The first-order valence-corrected chi connectivity index (χ1v) is 9.19. The van der Waals surface area contributed by atoms with Crippen LogP contribution in [0.3, 0.4) is 0 Å². The molecule has 1 aliphatic rings. The lowest BCUT2D eigenvalue weighted by atomic mass is 9.86. The summed E-state index contributed by atoms with van der Waals surface area (Å²) < 4.78 is 12.8. The molecule has 0 radical (unpaired) electrons. The van der Waals surface area contributed by atoms with Gasteiger partial charge in [0.1, 0.15) is 17.3 Å². The number of rotatable bonds is 4. The smallest absolute Gasteiger partial charge is 0.226 e. The van der Waals surface area contributed by atoms with Crippen LogP contribution in [0.2, 0.25) is 0 Å². The van der Waals surface area contributed by atoms with Crippen LogP contribution in [0.15, 0.2) is 42.6 Å². The van der Waals surface area contributed by atoms with E-state index in [2.05, 4.69) is 30.3 Å². The normalized spacial score (nSPS) is 15.7. The van der Waals surface area contributed by atoms with Crippen molar-refractivity contribution in [2.24, 2.45) is 0 Å². The molecule has 0 spiro atoms. The Labute approximate surface area is 164 Å². The van der Waals surface area contributed by atoms with Crippen molar-refractivity contribution in [3.8, 4) is 17.2 Å². The Morgan fingerprint density at radius 2 is 1.93 bits per heavy atom. The maximum Gasteiger partial charge on any atom is 0.226 e. The molecule has 144 valence electrons. The van der Waals surface area contributed by atoms with Crippen molar-refractivity contribution >= 4 is 11.7 Å². The van der Waals surface area contributed by atoms with E-state index in [0.29, 0.717) is 12.2 Å². The van der Waals surface area contributed by atoms with Gasteiger partial charge in [0.15, 0.2) is 0 Å². The largest absolute Gasteiger partial charge is 0.497 e. The average molecular weight is 377 g/mol. The van der Waals surface area contributed by atoms with Gasteiger partial charge in [0, 0.05) is 23.5 Å². The van der Waals surface area contributed by atoms with E-state index in [1.807, 2.05) is 41.2 Å². The molecule has 1 aromatic heterocycles. The molecule has 1 amide bonds. The van der Waals surface area contributed by atoms with Crippen LogP contribution in [0.1, 0.15) is 34.6 Å². The van der Waals surface area contributed by atoms with Crippen molar-refractivity contribution in [1.82, 2.24) is 9.78 Å². The van der Waals surface area contributed by atoms with Gasteiger partial charge in [0.05, 0.1) is 26.1 Å². The van der Waals surface area contributed by atoms with Crippen molar-refractivity contribution in [2.45, 2.75) is 26.2 Å². The van der Waals surface area contributed by atoms with Crippen molar-refractivity contribution in [3.63, 3.8) is 0 Å². The van der Waals surface area contributed by atoms with Crippen LogP contribution < -0.4 is 14.8 Å². The van der Waals surface area contributed by atoms with E-state index in [9.17, 15) is 4.79 Å². The predicted octanol–water partition coefficient (Wildman–Crippen LogP) is 3.98. The molecule has 6 nitrogen and oxygen atoms in total. The number of amides is 1. The second-order valence-corrected chi connectivity index (χ2v) is 6.99. The summed E-state index contributed by atoms with van der Waals surface area (Å²) in [5.41, 5.74) is 5.14. The van der Waals surface area contributed by atoms with Gasteiger partial charge in [-0.1, -0.05) is 12.1 Å². The van der Waals surface area contributed by atoms with E-state index in [1.54, 1.807) is 14.2 Å². The van der Waals surface area contributed by atoms with Crippen LogP contribution in [0, 0.1) is 13.8 Å². The van der Waals surface area contributed by atoms with Crippen LogP contribution in [0.25, 0.3) is 5.69 Å². The van der Waals surface area contributed by atoms with Gasteiger partial charge in [0.25, 0.3) is 0 Å². The number of nitrogens with one attached hydrogen (secondary N) is 1. The topological polar surface area (TPSA) is 65.4 Å². The van der Waals surface area contributed by atoms with Gasteiger partial charge in [-0.25, -0.2) is 4.68 Å². The minimum Gasteiger partial charge on any atom is -0.497 e. The summed E-state index contributed by atoms with van der Waals surface area (Å²) >= 11 is 0. The minimum atomic E-state index is -0.160. The Morgan fingerprint density at radius 3 is 2.68 bits per heavy atom. The zero-order valence-electron chi connectivity index (χ0n) is 16.4. The lowest BCUT2D eigenvalue weighted by Gasteiger charge is -2.25. The summed E-state index contributed by atoms with van der Waals surface area (Å²) in [5.74, 6) is 1.96. The van der Waals surface area contributed by atoms with Gasteiger partial charge >= 0.3 is 0 Å². The predicted molar refractivity (Wildman–Crippen MR) is 108 cm³/mol. The first-order chi connectivity index (χ1) is 13.5. The number of carbonyl (C=O) groups is 1. The Bertz CT molecular complexity index is 1060. The molecule has 0 saturated carbocycles. The summed E-state index contributed by atoms with van der Waals surface area (Å²) in [5, 5.41) is 7.62. The third kappa shape index (κ3) is 2.91. The number of anilines is 1. The summed E-state index contributed by atoms with van der Waals surface area (Å²) in [6.45, 7) is 4.13. The molecule has 1 atom stereocenters. The monoisotopic (exact) mass is 377 g/mol. The molecule has 1 N–H and O–H groups in total. The van der Waals surface area contributed by atoms with Crippen molar-refractivity contribution in [2.75, 3.05) is 19.5 Å². The fraction of sp³-hybridized carbons (Fsp3) is 0.273. The number of aromatic nitrogens is 2. The average Bonchev–Trinajstić information content (AvgIpc) is 3.12. The number of hydrogen-bond acceptors (Lipinski definition) is 4. The van der Waals surface area contributed by atoms with Crippen LogP contribution in [0.4, 0.5) is 5.82 Å². The first kappa shape index (κ1) is 18.1. The molecule has 2 heterocycles. The van der Waals surface area contributed by atoms with Gasteiger partial charge < -0.3 is 14.8 Å². The summed E-state index contributed by atoms with van der Waals surface area (Å²) in [7, 11) is 3.26. The number of aryl methyl sites for hydroxylation is 1. The zero-order chi connectivity index (χ0) is 19.8. The van der Waals surface area contributed by atoms with E-state index in [0.717, 1.165) is 33.9 Å². The number of ether oxygens (including phenoxy) is 2. The number of methoxy groups -OCH3 is 2. The van der Waals surface area contributed by atoms with Crippen molar-refractivity contribution in [1.29, 1.82) is 0 Å². The van der Waals surface area contributed by atoms with E-state index < -0.39 is 0 Å². The van der Waals surface area contributed by atoms with Crippen molar-refractivity contribution < 1.29 is 14.3 Å². The quantitative estimate of drug-likeness (QED) is 0.747. The third-order valence-corrected chi connectivity index (χ3v) is 5.44. The molecule has 0 fully saturated rings.